The van der Waals surface area contributed by atoms with Crippen molar-refractivity contribution in [1.29, 1.82) is 0 Å². The van der Waals surface area contributed by atoms with Gasteiger partial charge >= 0.3 is 0 Å². The Labute approximate surface area is 117 Å². The minimum Gasteiger partial charge on any atom is -0.452 e. The molecule has 0 unspecified atom stereocenters. The van der Waals surface area contributed by atoms with Crippen molar-refractivity contribution in [3.8, 4) is 0 Å². The highest BCUT2D eigenvalue weighted by molar-refractivity contribution is 9.10. The molecule has 0 spiro atoms. The maximum atomic E-state index is 12.0. The van der Waals surface area contributed by atoms with E-state index in [-0.39, 0.29) is 16.8 Å². The summed E-state index contributed by atoms with van der Waals surface area (Å²) in [5.41, 5.74) is 0.243. The summed E-state index contributed by atoms with van der Waals surface area (Å²) in [7, 11) is 1.66. The summed E-state index contributed by atoms with van der Waals surface area (Å²) in [4.78, 5) is 13.5. The first-order valence-electron chi connectivity index (χ1n) is 5.05. The smallest absolute Gasteiger partial charge is 0.274 e. The third kappa shape index (κ3) is 3.08. The Bertz CT molecular complexity index is 556. The largest absolute Gasteiger partial charge is 0.452 e. The van der Waals surface area contributed by atoms with E-state index in [9.17, 15) is 4.79 Å². The van der Waals surface area contributed by atoms with Crippen molar-refractivity contribution in [3.05, 3.63) is 45.5 Å². The fourth-order valence-electron chi connectivity index (χ4n) is 1.37. The Balaban J connectivity index is 2.07. The second kappa shape index (κ2) is 5.49. The minimum atomic E-state index is -0.244. The molecule has 0 saturated carbocycles. The van der Waals surface area contributed by atoms with Crippen LogP contribution < -0.4 is 0 Å². The Kier molecular flexibility index (Phi) is 3.98. The summed E-state index contributed by atoms with van der Waals surface area (Å²) in [6, 6.07) is 6.63. The molecular formula is C11H9BrClN3O2. The SMILES string of the molecule is CN(Cc1ccc(Br)o1)C(=O)c1ccc(Cl)nn1. The van der Waals surface area contributed by atoms with Crippen LogP contribution in [0.2, 0.25) is 5.15 Å². The van der Waals surface area contributed by atoms with E-state index in [1.807, 2.05) is 0 Å². The van der Waals surface area contributed by atoms with E-state index in [2.05, 4.69) is 26.1 Å². The first kappa shape index (κ1) is 13.0. The summed E-state index contributed by atoms with van der Waals surface area (Å²) in [5, 5.41) is 7.62. The maximum Gasteiger partial charge on any atom is 0.274 e. The first-order valence-corrected chi connectivity index (χ1v) is 6.22. The Hall–Kier alpha value is -1.40. The molecule has 0 fully saturated rings. The normalized spacial score (nSPS) is 10.4. The Morgan fingerprint density at radius 2 is 2.17 bits per heavy atom. The van der Waals surface area contributed by atoms with Gasteiger partial charge in [0, 0.05) is 7.05 Å². The van der Waals surface area contributed by atoms with Crippen molar-refractivity contribution in [2.45, 2.75) is 6.54 Å². The third-order valence-electron chi connectivity index (χ3n) is 2.22. The van der Waals surface area contributed by atoms with E-state index in [4.69, 9.17) is 16.0 Å². The summed E-state index contributed by atoms with van der Waals surface area (Å²) in [6.07, 6.45) is 0. The molecule has 0 aliphatic carbocycles. The molecule has 0 saturated heterocycles. The lowest BCUT2D eigenvalue weighted by Gasteiger charge is -2.14. The zero-order valence-corrected chi connectivity index (χ0v) is 11.8. The number of amides is 1. The number of nitrogens with zero attached hydrogens (tertiary/aromatic N) is 3. The maximum absolute atomic E-state index is 12.0. The summed E-state index contributed by atoms with van der Waals surface area (Å²) < 4.78 is 5.95. The molecule has 2 heterocycles. The lowest BCUT2D eigenvalue weighted by atomic mass is 10.3. The van der Waals surface area contributed by atoms with Crippen LogP contribution >= 0.6 is 27.5 Å². The summed E-state index contributed by atoms with van der Waals surface area (Å²) in [5.74, 6) is 0.436. The fraction of sp³-hybridized carbons (Fsp3) is 0.182. The van der Waals surface area contributed by atoms with Crippen LogP contribution in [-0.4, -0.2) is 28.1 Å². The van der Waals surface area contributed by atoms with Gasteiger partial charge in [-0.15, -0.1) is 10.2 Å². The zero-order valence-electron chi connectivity index (χ0n) is 9.43. The quantitative estimate of drug-likeness (QED) is 0.868. The van der Waals surface area contributed by atoms with Crippen molar-refractivity contribution in [2.75, 3.05) is 7.05 Å². The molecule has 0 bridgehead atoms. The van der Waals surface area contributed by atoms with E-state index in [1.165, 1.54) is 17.0 Å². The molecule has 94 valence electrons. The Morgan fingerprint density at radius 1 is 1.39 bits per heavy atom. The van der Waals surface area contributed by atoms with Crippen LogP contribution in [-0.2, 0) is 6.54 Å². The van der Waals surface area contributed by atoms with Gasteiger partial charge in [-0.2, -0.15) is 0 Å². The second-order valence-corrected chi connectivity index (χ2v) is 4.78. The van der Waals surface area contributed by atoms with Crippen LogP contribution in [0.5, 0.6) is 0 Å². The van der Waals surface area contributed by atoms with Crippen LogP contribution in [0.1, 0.15) is 16.2 Å². The van der Waals surface area contributed by atoms with E-state index in [0.29, 0.717) is 17.0 Å². The van der Waals surface area contributed by atoms with Gasteiger partial charge in [-0.05, 0) is 40.2 Å². The molecule has 2 rings (SSSR count). The van der Waals surface area contributed by atoms with Crippen LogP contribution in [0.3, 0.4) is 0 Å². The van der Waals surface area contributed by atoms with E-state index < -0.39 is 0 Å². The molecule has 7 heteroatoms. The van der Waals surface area contributed by atoms with E-state index in [1.54, 1.807) is 19.2 Å². The molecular weight excluding hydrogens is 321 g/mol. The fourth-order valence-corrected chi connectivity index (χ4v) is 1.81. The molecule has 1 amide bonds. The summed E-state index contributed by atoms with van der Waals surface area (Å²) in [6.45, 7) is 0.356. The number of halogens is 2. The topological polar surface area (TPSA) is 59.2 Å². The van der Waals surface area contributed by atoms with Gasteiger partial charge in [0.2, 0.25) is 0 Å². The highest BCUT2D eigenvalue weighted by atomic mass is 79.9. The standard InChI is InChI=1S/C11H9BrClN3O2/c1-16(6-7-2-4-9(12)18-7)11(17)8-3-5-10(13)15-14-8/h2-5H,6H2,1H3. The van der Waals surface area contributed by atoms with Gasteiger partial charge in [0.05, 0.1) is 6.54 Å². The van der Waals surface area contributed by atoms with Gasteiger partial charge in [0.1, 0.15) is 5.76 Å². The van der Waals surface area contributed by atoms with Gasteiger partial charge in [0.25, 0.3) is 5.91 Å². The summed E-state index contributed by atoms with van der Waals surface area (Å²) >= 11 is 8.81. The average molecular weight is 331 g/mol. The number of aromatic nitrogens is 2. The van der Waals surface area contributed by atoms with Gasteiger partial charge in [-0.1, -0.05) is 11.6 Å². The van der Waals surface area contributed by atoms with Crippen molar-refractivity contribution >= 4 is 33.4 Å². The lowest BCUT2D eigenvalue weighted by Crippen LogP contribution is -2.27. The van der Waals surface area contributed by atoms with Gasteiger partial charge in [-0.25, -0.2) is 0 Å². The molecule has 0 radical (unpaired) electrons. The van der Waals surface area contributed by atoms with E-state index in [0.717, 1.165) is 0 Å². The molecule has 0 N–H and O–H groups in total. The number of rotatable bonds is 3. The van der Waals surface area contributed by atoms with Gasteiger partial charge in [0.15, 0.2) is 15.5 Å². The molecule has 5 nitrogen and oxygen atoms in total. The van der Waals surface area contributed by atoms with Crippen LogP contribution in [0.4, 0.5) is 0 Å². The molecule has 0 aliphatic heterocycles. The molecule has 0 atom stereocenters. The number of carbonyl (C=O) groups excluding carboxylic acids is 1. The van der Waals surface area contributed by atoms with Crippen LogP contribution in [0, 0.1) is 0 Å². The van der Waals surface area contributed by atoms with Gasteiger partial charge < -0.3 is 9.32 Å². The van der Waals surface area contributed by atoms with Crippen molar-refractivity contribution < 1.29 is 9.21 Å². The monoisotopic (exact) mass is 329 g/mol. The zero-order chi connectivity index (χ0) is 13.1. The first-order chi connectivity index (χ1) is 8.56. The minimum absolute atomic E-state index is 0.243. The van der Waals surface area contributed by atoms with Crippen molar-refractivity contribution in [1.82, 2.24) is 15.1 Å². The lowest BCUT2D eigenvalue weighted by molar-refractivity contribution is 0.0768. The number of furan rings is 1. The second-order valence-electron chi connectivity index (χ2n) is 3.61. The molecule has 2 aromatic heterocycles. The Morgan fingerprint density at radius 3 is 2.72 bits per heavy atom. The van der Waals surface area contributed by atoms with Crippen molar-refractivity contribution in [3.63, 3.8) is 0 Å². The third-order valence-corrected chi connectivity index (χ3v) is 2.85. The molecule has 0 aliphatic rings. The van der Waals surface area contributed by atoms with Crippen molar-refractivity contribution in [2.24, 2.45) is 0 Å². The van der Waals surface area contributed by atoms with Crippen LogP contribution in [0.25, 0.3) is 0 Å². The highest BCUT2D eigenvalue weighted by Gasteiger charge is 2.15. The number of hydrogen-bond donors (Lipinski definition) is 0. The molecule has 18 heavy (non-hydrogen) atoms. The molecule has 0 aromatic carbocycles. The highest BCUT2D eigenvalue weighted by Crippen LogP contribution is 2.16. The number of carbonyl (C=O) groups is 1. The van der Waals surface area contributed by atoms with E-state index >= 15 is 0 Å². The van der Waals surface area contributed by atoms with Crippen LogP contribution in [0.15, 0.2) is 33.4 Å². The predicted molar refractivity (Wildman–Crippen MR) is 69.2 cm³/mol. The van der Waals surface area contributed by atoms with Gasteiger partial charge in [-0.3, -0.25) is 4.79 Å². The number of hydrogen-bond acceptors (Lipinski definition) is 4. The average Bonchev–Trinajstić information content (AvgIpc) is 2.75. The predicted octanol–water partition coefficient (Wildman–Crippen LogP) is 2.76. The molecule has 2 aromatic rings.